The van der Waals surface area contributed by atoms with Gasteiger partial charge in [0, 0.05) is 0 Å². The molecule has 14 heavy (non-hydrogen) atoms. The Hall–Kier alpha value is -0.340. The van der Waals surface area contributed by atoms with Crippen LogP contribution in [0.1, 0.15) is 57.8 Å². The van der Waals surface area contributed by atoms with E-state index in [4.69, 9.17) is 10.1 Å². The van der Waals surface area contributed by atoms with Crippen LogP contribution in [0.25, 0.3) is 0 Å². The van der Waals surface area contributed by atoms with Gasteiger partial charge in [-0.1, -0.05) is 25.3 Å². The highest BCUT2D eigenvalue weighted by Gasteiger charge is 2.37. The topological polar surface area (TPSA) is 29.5 Å². The van der Waals surface area contributed by atoms with Gasteiger partial charge in [0.25, 0.3) is 0 Å². The SMILES string of the molecule is OOC1(C2=CCCCC2)CCCCC1. The fourth-order valence-corrected chi connectivity index (χ4v) is 2.85. The van der Waals surface area contributed by atoms with Gasteiger partial charge in [-0.2, -0.15) is 0 Å². The Morgan fingerprint density at radius 2 is 1.86 bits per heavy atom. The fourth-order valence-electron chi connectivity index (χ4n) is 2.85. The molecule has 2 aliphatic carbocycles. The van der Waals surface area contributed by atoms with E-state index in [0.717, 1.165) is 19.3 Å². The van der Waals surface area contributed by atoms with Crippen LogP contribution in [0, 0.1) is 0 Å². The molecule has 0 radical (unpaired) electrons. The Morgan fingerprint density at radius 1 is 1.07 bits per heavy atom. The van der Waals surface area contributed by atoms with Crippen molar-refractivity contribution < 1.29 is 10.1 Å². The maximum absolute atomic E-state index is 9.15. The van der Waals surface area contributed by atoms with Gasteiger partial charge in [0.15, 0.2) is 0 Å². The van der Waals surface area contributed by atoms with Crippen molar-refractivity contribution in [1.82, 2.24) is 0 Å². The lowest BCUT2D eigenvalue weighted by atomic mass is 9.76. The molecule has 2 aliphatic rings. The standard InChI is InChI=1S/C12H20O2/c13-14-12(9-5-2-6-10-12)11-7-3-1-4-8-11/h7,13H,1-6,8-10H2. The van der Waals surface area contributed by atoms with E-state index in [9.17, 15) is 0 Å². The second kappa shape index (κ2) is 4.45. The summed E-state index contributed by atoms with van der Waals surface area (Å²) in [7, 11) is 0. The van der Waals surface area contributed by atoms with Crippen LogP contribution in [-0.2, 0) is 4.89 Å². The Morgan fingerprint density at radius 3 is 2.43 bits per heavy atom. The Balaban J connectivity index is 2.12. The lowest BCUT2D eigenvalue weighted by Gasteiger charge is -2.37. The predicted octanol–water partition coefficient (Wildman–Crippen LogP) is 3.68. The average molecular weight is 196 g/mol. The average Bonchev–Trinajstić information content (AvgIpc) is 2.31. The van der Waals surface area contributed by atoms with Crippen LogP contribution in [0.3, 0.4) is 0 Å². The molecule has 2 heteroatoms. The van der Waals surface area contributed by atoms with Crippen molar-refractivity contribution in [1.29, 1.82) is 0 Å². The van der Waals surface area contributed by atoms with Crippen LogP contribution < -0.4 is 0 Å². The van der Waals surface area contributed by atoms with E-state index in [-0.39, 0.29) is 5.60 Å². The molecule has 0 atom stereocenters. The number of hydrogen-bond donors (Lipinski definition) is 1. The van der Waals surface area contributed by atoms with Crippen LogP contribution in [0.4, 0.5) is 0 Å². The Kier molecular flexibility index (Phi) is 3.24. The van der Waals surface area contributed by atoms with Crippen LogP contribution in [0.2, 0.25) is 0 Å². The Labute approximate surface area is 85.9 Å². The molecule has 0 aliphatic heterocycles. The van der Waals surface area contributed by atoms with E-state index in [1.807, 2.05) is 0 Å². The van der Waals surface area contributed by atoms with Gasteiger partial charge in [0.1, 0.15) is 5.60 Å². The number of rotatable bonds is 2. The molecule has 0 aromatic carbocycles. The molecule has 0 saturated heterocycles. The molecule has 0 spiro atoms. The maximum Gasteiger partial charge on any atom is 0.124 e. The second-order valence-electron chi connectivity index (χ2n) is 4.62. The van der Waals surface area contributed by atoms with Crippen molar-refractivity contribution in [2.45, 2.75) is 63.4 Å². The minimum absolute atomic E-state index is 0.293. The van der Waals surface area contributed by atoms with Gasteiger partial charge in [-0.15, -0.1) is 0 Å². The van der Waals surface area contributed by atoms with Crippen molar-refractivity contribution in [3.8, 4) is 0 Å². The van der Waals surface area contributed by atoms with Gasteiger partial charge in [0.2, 0.25) is 0 Å². The quantitative estimate of drug-likeness (QED) is 0.415. The largest absolute Gasteiger partial charge is 0.251 e. The third kappa shape index (κ3) is 1.86. The molecule has 80 valence electrons. The zero-order chi connectivity index (χ0) is 9.86. The molecule has 2 nitrogen and oxygen atoms in total. The van der Waals surface area contributed by atoms with E-state index in [1.165, 1.54) is 44.1 Å². The third-order valence-electron chi connectivity index (χ3n) is 3.71. The van der Waals surface area contributed by atoms with Crippen molar-refractivity contribution in [3.05, 3.63) is 11.6 Å². The highest BCUT2D eigenvalue weighted by molar-refractivity contribution is 5.19. The summed E-state index contributed by atoms with van der Waals surface area (Å²) in [5, 5.41) is 9.15. The first kappa shape index (κ1) is 10.2. The van der Waals surface area contributed by atoms with Crippen LogP contribution in [-0.4, -0.2) is 10.9 Å². The monoisotopic (exact) mass is 196 g/mol. The lowest BCUT2D eigenvalue weighted by molar-refractivity contribution is -0.318. The smallest absolute Gasteiger partial charge is 0.124 e. The van der Waals surface area contributed by atoms with E-state index in [2.05, 4.69) is 6.08 Å². The number of hydrogen-bond acceptors (Lipinski definition) is 2. The summed E-state index contributed by atoms with van der Waals surface area (Å²) in [6, 6.07) is 0. The zero-order valence-electron chi connectivity index (χ0n) is 8.80. The van der Waals surface area contributed by atoms with Crippen LogP contribution in [0.5, 0.6) is 0 Å². The number of allylic oxidation sites excluding steroid dienone is 1. The minimum Gasteiger partial charge on any atom is -0.251 e. The highest BCUT2D eigenvalue weighted by Crippen LogP contribution is 2.40. The molecule has 1 N–H and O–H groups in total. The van der Waals surface area contributed by atoms with Gasteiger partial charge in [-0.05, 0) is 44.1 Å². The van der Waals surface area contributed by atoms with Gasteiger partial charge < -0.3 is 0 Å². The molecular weight excluding hydrogens is 176 g/mol. The molecule has 0 heterocycles. The molecular formula is C12H20O2. The lowest BCUT2D eigenvalue weighted by Crippen LogP contribution is -2.36. The summed E-state index contributed by atoms with van der Waals surface area (Å²) in [5.41, 5.74) is 1.07. The van der Waals surface area contributed by atoms with Gasteiger partial charge in [-0.3, -0.25) is 5.26 Å². The summed E-state index contributed by atoms with van der Waals surface area (Å²) in [5.74, 6) is 0. The predicted molar refractivity (Wildman–Crippen MR) is 56.1 cm³/mol. The van der Waals surface area contributed by atoms with E-state index in [1.54, 1.807) is 0 Å². The van der Waals surface area contributed by atoms with E-state index >= 15 is 0 Å². The molecule has 1 fully saturated rings. The summed E-state index contributed by atoms with van der Waals surface area (Å²) < 4.78 is 0. The molecule has 0 aromatic rings. The van der Waals surface area contributed by atoms with Crippen molar-refractivity contribution >= 4 is 0 Å². The summed E-state index contributed by atoms with van der Waals surface area (Å²) in [6.45, 7) is 0. The molecule has 2 rings (SSSR count). The highest BCUT2D eigenvalue weighted by atomic mass is 17.1. The molecule has 0 aromatic heterocycles. The molecule has 1 saturated carbocycles. The van der Waals surface area contributed by atoms with E-state index < -0.39 is 0 Å². The Bertz CT molecular complexity index is 214. The van der Waals surface area contributed by atoms with Crippen LogP contribution >= 0.6 is 0 Å². The molecule has 0 unspecified atom stereocenters. The zero-order valence-corrected chi connectivity index (χ0v) is 8.80. The van der Waals surface area contributed by atoms with Crippen molar-refractivity contribution in [2.24, 2.45) is 0 Å². The van der Waals surface area contributed by atoms with Crippen molar-refractivity contribution in [2.75, 3.05) is 0 Å². The summed E-state index contributed by atoms with van der Waals surface area (Å²) >= 11 is 0. The minimum atomic E-state index is -0.293. The maximum atomic E-state index is 9.15. The third-order valence-corrected chi connectivity index (χ3v) is 3.71. The molecule has 0 bridgehead atoms. The first-order valence-electron chi connectivity index (χ1n) is 5.89. The summed E-state index contributed by atoms with van der Waals surface area (Å²) in [4.78, 5) is 4.85. The first-order chi connectivity index (χ1) is 6.87. The first-order valence-corrected chi connectivity index (χ1v) is 5.89. The molecule has 0 amide bonds. The van der Waals surface area contributed by atoms with Gasteiger partial charge >= 0.3 is 0 Å². The van der Waals surface area contributed by atoms with Gasteiger partial charge in [-0.25, -0.2) is 4.89 Å². The van der Waals surface area contributed by atoms with Gasteiger partial charge in [0.05, 0.1) is 0 Å². The van der Waals surface area contributed by atoms with Crippen molar-refractivity contribution in [3.63, 3.8) is 0 Å². The second-order valence-corrected chi connectivity index (χ2v) is 4.62. The van der Waals surface area contributed by atoms with Crippen LogP contribution in [0.15, 0.2) is 11.6 Å². The van der Waals surface area contributed by atoms with E-state index in [0.29, 0.717) is 0 Å². The normalized spacial score (nSPS) is 27.1. The summed E-state index contributed by atoms with van der Waals surface area (Å²) in [6.07, 6.45) is 12.8. The fraction of sp³-hybridized carbons (Fsp3) is 0.833.